The molecule has 3 aliphatic rings. The van der Waals surface area contributed by atoms with Gasteiger partial charge >= 0.3 is 0 Å². The number of carbonyl (C=O) groups is 5. The normalized spacial score (nSPS) is 16.7. The maximum atomic E-state index is 13.2. The van der Waals surface area contributed by atoms with Crippen molar-refractivity contribution in [3.63, 3.8) is 0 Å². The van der Waals surface area contributed by atoms with Crippen molar-refractivity contribution in [1.82, 2.24) is 20.0 Å². The summed E-state index contributed by atoms with van der Waals surface area (Å²) in [6.07, 6.45) is 1.23. The summed E-state index contributed by atoms with van der Waals surface area (Å²) in [5, 5.41) is 5.35. The molecule has 2 fully saturated rings. The number of nitrogens with zero attached hydrogens (tertiary/aromatic N) is 3. The number of halogens is 1. The molecule has 0 bridgehead atoms. The number of piperazine rings is 1. The summed E-state index contributed by atoms with van der Waals surface area (Å²) in [6, 6.07) is 33.1. The molecule has 68 heavy (non-hydrogen) atoms. The van der Waals surface area contributed by atoms with Gasteiger partial charge in [0.2, 0.25) is 17.7 Å². The predicted octanol–water partition coefficient (Wildman–Crippen LogP) is 5.77. The molecule has 1 unspecified atom stereocenters. The third-order valence-corrected chi connectivity index (χ3v) is 12.2. The molecule has 5 amide bonds. The topological polar surface area (TPSA) is 165 Å². The fourth-order valence-corrected chi connectivity index (χ4v) is 8.69. The van der Waals surface area contributed by atoms with Crippen LogP contribution in [0.1, 0.15) is 63.1 Å². The molecule has 360 valence electrons. The second kappa shape index (κ2) is 26.0. The highest BCUT2D eigenvalue weighted by atomic mass is 35.5. The molecule has 1 atom stereocenters. The summed E-state index contributed by atoms with van der Waals surface area (Å²) in [6.45, 7) is 7.58. The largest absolute Gasteiger partial charge is 0.492 e. The molecular formula is C52H60ClN5O10. The Labute approximate surface area is 402 Å². The van der Waals surface area contributed by atoms with E-state index in [9.17, 15) is 24.0 Å². The lowest BCUT2D eigenvalue weighted by molar-refractivity contribution is -0.136. The Kier molecular flexibility index (Phi) is 19.1. The third kappa shape index (κ3) is 13.6. The summed E-state index contributed by atoms with van der Waals surface area (Å²) in [5.41, 5.74) is 6.68. The molecule has 0 aromatic heterocycles. The Morgan fingerprint density at radius 2 is 1.26 bits per heavy atom. The van der Waals surface area contributed by atoms with Crippen LogP contribution in [-0.2, 0) is 33.3 Å². The summed E-state index contributed by atoms with van der Waals surface area (Å²) in [5.74, 6) is -0.755. The first-order valence-electron chi connectivity index (χ1n) is 23.3. The van der Waals surface area contributed by atoms with Gasteiger partial charge in [-0.3, -0.25) is 39.1 Å². The highest BCUT2D eigenvalue weighted by Gasteiger charge is 2.45. The van der Waals surface area contributed by atoms with E-state index in [2.05, 4.69) is 76.2 Å². The van der Waals surface area contributed by atoms with Crippen LogP contribution in [0.3, 0.4) is 0 Å². The van der Waals surface area contributed by atoms with Crippen molar-refractivity contribution in [2.45, 2.75) is 31.7 Å². The Hall–Kier alpha value is -5.94. The van der Waals surface area contributed by atoms with Crippen LogP contribution in [0.4, 0.5) is 5.69 Å². The number of fused-ring (bicyclic) bond motifs is 1. The van der Waals surface area contributed by atoms with Gasteiger partial charge in [0.1, 0.15) is 18.4 Å². The number of anilines is 1. The van der Waals surface area contributed by atoms with Gasteiger partial charge in [-0.25, -0.2) is 0 Å². The highest BCUT2D eigenvalue weighted by molar-refractivity contribution is 6.25. The quantitative estimate of drug-likeness (QED) is 0.0339. The first kappa shape index (κ1) is 50.0. The van der Waals surface area contributed by atoms with Gasteiger partial charge in [-0.05, 0) is 64.9 Å². The number of alkyl halides is 1. The molecule has 2 N–H and O–H groups in total. The van der Waals surface area contributed by atoms with Crippen molar-refractivity contribution in [1.29, 1.82) is 0 Å². The van der Waals surface area contributed by atoms with Gasteiger partial charge < -0.3 is 33.9 Å². The number of imide groups is 2. The molecule has 7 rings (SSSR count). The van der Waals surface area contributed by atoms with Crippen molar-refractivity contribution >= 4 is 58.0 Å². The number of amides is 5. The summed E-state index contributed by atoms with van der Waals surface area (Å²) in [7, 11) is 0. The number of piperidine rings is 1. The average molecular weight is 951 g/mol. The predicted molar refractivity (Wildman–Crippen MR) is 259 cm³/mol. The molecule has 0 aliphatic carbocycles. The minimum absolute atomic E-state index is 0.0598. The number of nitrogens with one attached hydrogen (secondary N) is 2. The van der Waals surface area contributed by atoms with E-state index in [0.717, 1.165) is 53.4 Å². The maximum absolute atomic E-state index is 13.2. The van der Waals surface area contributed by atoms with Gasteiger partial charge in [0.15, 0.2) is 0 Å². The molecule has 0 radical (unpaired) electrons. The fraction of sp³-hybridized carbons (Fsp3) is 0.404. The van der Waals surface area contributed by atoms with Crippen molar-refractivity contribution in [2.75, 3.05) is 110 Å². The van der Waals surface area contributed by atoms with E-state index in [-0.39, 0.29) is 29.9 Å². The van der Waals surface area contributed by atoms with Gasteiger partial charge in [-0.15, -0.1) is 11.6 Å². The van der Waals surface area contributed by atoms with Crippen LogP contribution in [-0.4, -0.2) is 155 Å². The van der Waals surface area contributed by atoms with Crippen LogP contribution in [0.25, 0.3) is 11.1 Å². The van der Waals surface area contributed by atoms with Crippen LogP contribution in [0, 0.1) is 0 Å². The van der Waals surface area contributed by atoms with E-state index in [1.807, 2.05) is 29.2 Å². The van der Waals surface area contributed by atoms with Crippen LogP contribution in [0.15, 0.2) is 103 Å². The standard InChI is InChI=1S/C52H60ClN5O10/c53-22-20-42(38-8-3-1-4-9-38)48(39-10-5-2-6-11-39)40-14-16-41(17-15-40)68-31-28-56-24-26-57(27-25-56)47(60)21-29-64-32-34-66-36-37-67-35-33-65-30-23-54-44-13-7-12-43-49(44)52(63)58(51(43)62)45-18-19-46(59)55-50(45)61/h1-17,45,54H,18-37H2,(H,55,59,61)/b48-42-. The van der Waals surface area contributed by atoms with E-state index in [0.29, 0.717) is 97.1 Å². The SMILES string of the molecule is O=C1CCC(N2C(=O)c3cccc(NCCOCCOCCOCCOCCC(=O)N4CCN(CCOc5ccc(/C(=C(/CCCl)c6ccccc6)c6ccccc6)cc5)CC4)c3C2=O)C(=O)N1. The molecule has 2 saturated heterocycles. The van der Waals surface area contributed by atoms with Gasteiger partial charge in [-0.2, -0.15) is 0 Å². The van der Waals surface area contributed by atoms with Gasteiger partial charge in [0.05, 0.1) is 70.4 Å². The van der Waals surface area contributed by atoms with Gasteiger partial charge in [-0.1, -0.05) is 78.9 Å². The van der Waals surface area contributed by atoms with Gasteiger partial charge in [0.25, 0.3) is 11.8 Å². The van der Waals surface area contributed by atoms with E-state index in [1.54, 1.807) is 18.2 Å². The molecule has 4 aromatic carbocycles. The van der Waals surface area contributed by atoms with Crippen molar-refractivity contribution in [3.05, 3.63) is 131 Å². The zero-order valence-corrected chi connectivity index (χ0v) is 39.1. The summed E-state index contributed by atoms with van der Waals surface area (Å²) >= 11 is 6.32. The maximum Gasteiger partial charge on any atom is 0.264 e. The zero-order valence-electron chi connectivity index (χ0n) is 38.3. The van der Waals surface area contributed by atoms with Crippen molar-refractivity contribution in [3.8, 4) is 5.75 Å². The zero-order chi connectivity index (χ0) is 47.5. The number of allylic oxidation sites excluding steroid dienone is 1. The third-order valence-electron chi connectivity index (χ3n) is 12.0. The lowest BCUT2D eigenvalue weighted by atomic mass is 9.88. The molecule has 0 saturated carbocycles. The van der Waals surface area contributed by atoms with Gasteiger partial charge in [0, 0.05) is 57.3 Å². The van der Waals surface area contributed by atoms with Crippen LogP contribution < -0.4 is 15.4 Å². The molecule has 3 heterocycles. The Morgan fingerprint density at radius 3 is 1.91 bits per heavy atom. The second-order valence-corrected chi connectivity index (χ2v) is 16.8. The van der Waals surface area contributed by atoms with E-state index in [4.69, 9.17) is 35.3 Å². The number of benzene rings is 4. The number of hydrogen-bond acceptors (Lipinski definition) is 12. The molecule has 4 aromatic rings. The number of ether oxygens (including phenoxy) is 5. The summed E-state index contributed by atoms with van der Waals surface area (Å²) in [4.78, 5) is 68.2. The van der Waals surface area contributed by atoms with E-state index >= 15 is 0 Å². The highest BCUT2D eigenvalue weighted by Crippen LogP contribution is 2.36. The van der Waals surface area contributed by atoms with E-state index < -0.39 is 29.7 Å². The number of carbonyl (C=O) groups excluding carboxylic acids is 5. The van der Waals surface area contributed by atoms with Crippen molar-refractivity contribution in [2.24, 2.45) is 0 Å². The monoisotopic (exact) mass is 949 g/mol. The van der Waals surface area contributed by atoms with Crippen LogP contribution in [0.5, 0.6) is 5.75 Å². The molecule has 15 nitrogen and oxygen atoms in total. The van der Waals surface area contributed by atoms with Crippen LogP contribution in [0.2, 0.25) is 0 Å². The Morgan fingerprint density at radius 1 is 0.647 bits per heavy atom. The first-order valence-corrected chi connectivity index (χ1v) is 23.9. The van der Waals surface area contributed by atoms with E-state index in [1.165, 1.54) is 11.1 Å². The fourth-order valence-electron chi connectivity index (χ4n) is 8.50. The minimum atomic E-state index is -1.02. The van der Waals surface area contributed by atoms with Crippen molar-refractivity contribution < 1.29 is 47.7 Å². The number of rotatable bonds is 26. The molecular weight excluding hydrogens is 890 g/mol. The molecule has 0 spiro atoms. The van der Waals surface area contributed by atoms with Crippen LogP contribution >= 0.6 is 11.6 Å². The summed E-state index contributed by atoms with van der Waals surface area (Å²) < 4.78 is 28.6. The molecule has 3 aliphatic heterocycles. The minimum Gasteiger partial charge on any atom is -0.492 e. The Bertz CT molecular complexity index is 2340. The smallest absolute Gasteiger partial charge is 0.264 e. The first-order chi connectivity index (χ1) is 33.3. The number of hydrogen-bond donors (Lipinski definition) is 2. The molecule has 16 heteroatoms. The Balaban J connectivity index is 0.691. The lowest BCUT2D eigenvalue weighted by Crippen LogP contribution is -2.54. The lowest BCUT2D eigenvalue weighted by Gasteiger charge is -2.34. The average Bonchev–Trinajstić information content (AvgIpc) is 3.62. The second-order valence-electron chi connectivity index (χ2n) is 16.4.